The molecule has 0 unspecified atom stereocenters. The fourth-order valence-corrected chi connectivity index (χ4v) is 0.845. The van der Waals surface area contributed by atoms with Crippen LogP contribution in [0.1, 0.15) is 12.8 Å². The van der Waals surface area contributed by atoms with Gasteiger partial charge in [0.15, 0.2) is 0 Å². The minimum absolute atomic E-state index is 1.12. The van der Waals surface area contributed by atoms with Gasteiger partial charge in [-0.25, -0.2) is 0 Å². The van der Waals surface area contributed by atoms with E-state index >= 15 is 0 Å². The van der Waals surface area contributed by atoms with Crippen molar-refractivity contribution in [1.82, 2.24) is 5.32 Å². The van der Waals surface area contributed by atoms with Gasteiger partial charge in [0, 0.05) is 6.54 Å². The highest BCUT2D eigenvalue weighted by Gasteiger charge is 1.95. The van der Waals surface area contributed by atoms with Gasteiger partial charge < -0.3 is 5.32 Å². The second-order valence-corrected chi connectivity index (χ2v) is 1.99. The minimum Gasteiger partial charge on any atom is -0.334 e. The standard InChI is InChI=1S/C5H12N2/c1-2-4-7-5-6-3-1/h6-7H,1-5H2/p+1. The molecule has 1 aliphatic rings. The molecule has 1 heterocycles. The van der Waals surface area contributed by atoms with Crippen molar-refractivity contribution in [3.8, 4) is 0 Å². The van der Waals surface area contributed by atoms with Gasteiger partial charge in [-0.05, 0) is 12.8 Å². The largest absolute Gasteiger partial charge is 0.334 e. The molecule has 0 spiro atoms. The van der Waals surface area contributed by atoms with Crippen molar-refractivity contribution in [3.05, 3.63) is 0 Å². The number of quaternary nitrogens is 1. The van der Waals surface area contributed by atoms with Gasteiger partial charge >= 0.3 is 0 Å². The van der Waals surface area contributed by atoms with Gasteiger partial charge in [0.1, 0.15) is 6.67 Å². The smallest absolute Gasteiger partial charge is 0.129 e. The van der Waals surface area contributed by atoms with Crippen LogP contribution in [0.25, 0.3) is 0 Å². The van der Waals surface area contributed by atoms with Gasteiger partial charge in [-0.15, -0.1) is 0 Å². The van der Waals surface area contributed by atoms with Crippen LogP contribution in [0.4, 0.5) is 0 Å². The molecule has 1 fully saturated rings. The van der Waals surface area contributed by atoms with Crippen molar-refractivity contribution >= 4 is 0 Å². The predicted molar refractivity (Wildman–Crippen MR) is 28.9 cm³/mol. The number of rotatable bonds is 0. The molecule has 0 aliphatic carbocycles. The van der Waals surface area contributed by atoms with Crippen LogP contribution in [0, 0.1) is 0 Å². The third kappa shape index (κ3) is 1.90. The first-order valence-corrected chi connectivity index (χ1v) is 3.02. The summed E-state index contributed by atoms with van der Waals surface area (Å²) in [5, 5.41) is 5.60. The van der Waals surface area contributed by atoms with Crippen molar-refractivity contribution in [2.75, 3.05) is 19.8 Å². The van der Waals surface area contributed by atoms with Gasteiger partial charge in [-0.3, -0.25) is 5.32 Å². The molecule has 42 valence electrons. The molecule has 2 nitrogen and oxygen atoms in total. The van der Waals surface area contributed by atoms with E-state index in [9.17, 15) is 0 Å². The Morgan fingerprint density at radius 3 is 3.29 bits per heavy atom. The topological polar surface area (TPSA) is 28.6 Å². The van der Waals surface area contributed by atoms with Crippen LogP contribution < -0.4 is 10.6 Å². The van der Waals surface area contributed by atoms with E-state index in [-0.39, 0.29) is 0 Å². The van der Waals surface area contributed by atoms with Gasteiger partial charge in [-0.1, -0.05) is 0 Å². The Balaban J connectivity index is 2.04. The van der Waals surface area contributed by atoms with Crippen LogP contribution in [-0.4, -0.2) is 19.8 Å². The first-order valence-electron chi connectivity index (χ1n) is 3.02. The van der Waals surface area contributed by atoms with Crippen molar-refractivity contribution in [2.24, 2.45) is 0 Å². The summed E-state index contributed by atoms with van der Waals surface area (Å²) in [5.74, 6) is 0. The third-order valence-electron chi connectivity index (χ3n) is 1.30. The molecular formula is C5H13N2+. The molecule has 1 rings (SSSR count). The van der Waals surface area contributed by atoms with Crippen molar-refractivity contribution in [1.29, 1.82) is 0 Å². The lowest BCUT2D eigenvalue weighted by Gasteiger charge is -1.91. The maximum absolute atomic E-state index is 3.29. The molecule has 0 saturated carbocycles. The summed E-state index contributed by atoms with van der Waals surface area (Å²) in [5.41, 5.74) is 0. The molecule has 0 amide bonds. The monoisotopic (exact) mass is 101 g/mol. The summed E-state index contributed by atoms with van der Waals surface area (Å²) in [7, 11) is 0. The van der Waals surface area contributed by atoms with Crippen molar-refractivity contribution in [3.63, 3.8) is 0 Å². The number of hydrogen-bond donors (Lipinski definition) is 2. The van der Waals surface area contributed by atoms with Crippen LogP contribution in [0.5, 0.6) is 0 Å². The summed E-state index contributed by atoms with van der Waals surface area (Å²) in [6.45, 7) is 3.66. The Morgan fingerprint density at radius 1 is 1.29 bits per heavy atom. The van der Waals surface area contributed by atoms with E-state index in [0.717, 1.165) is 6.67 Å². The fourth-order valence-electron chi connectivity index (χ4n) is 0.845. The van der Waals surface area contributed by atoms with Gasteiger partial charge in [-0.2, -0.15) is 0 Å². The lowest BCUT2D eigenvalue weighted by molar-refractivity contribution is -0.656. The van der Waals surface area contributed by atoms with E-state index in [2.05, 4.69) is 10.6 Å². The van der Waals surface area contributed by atoms with E-state index in [1.54, 1.807) is 0 Å². The molecule has 0 bridgehead atoms. The Morgan fingerprint density at radius 2 is 2.29 bits per heavy atom. The molecule has 3 N–H and O–H groups in total. The lowest BCUT2D eigenvalue weighted by atomic mass is 10.3. The van der Waals surface area contributed by atoms with Crippen LogP contribution in [0.15, 0.2) is 0 Å². The van der Waals surface area contributed by atoms with E-state index in [1.807, 2.05) is 0 Å². The Kier molecular flexibility index (Phi) is 2.17. The van der Waals surface area contributed by atoms with E-state index in [4.69, 9.17) is 0 Å². The van der Waals surface area contributed by atoms with E-state index in [1.165, 1.54) is 25.9 Å². The molecule has 7 heavy (non-hydrogen) atoms. The summed E-state index contributed by atoms with van der Waals surface area (Å²) in [6.07, 6.45) is 2.74. The Bertz CT molecular complexity index is 25.7. The Hall–Kier alpha value is -0.0800. The average molecular weight is 101 g/mol. The molecule has 0 aromatic heterocycles. The third-order valence-corrected chi connectivity index (χ3v) is 1.30. The molecule has 1 saturated heterocycles. The SMILES string of the molecule is C1CC[NH2+]CNC1. The average Bonchev–Trinajstić information content (AvgIpc) is 1.90. The highest BCUT2D eigenvalue weighted by atomic mass is 15.1. The molecular weight excluding hydrogens is 88.1 g/mol. The zero-order chi connectivity index (χ0) is 4.95. The van der Waals surface area contributed by atoms with Crippen LogP contribution in [0.2, 0.25) is 0 Å². The van der Waals surface area contributed by atoms with Crippen LogP contribution in [0.3, 0.4) is 0 Å². The van der Waals surface area contributed by atoms with Crippen LogP contribution >= 0.6 is 0 Å². The normalized spacial score (nSPS) is 24.0. The molecule has 0 aromatic rings. The van der Waals surface area contributed by atoms with Gasteiger partial charge in [0.25, 0.3) is 0 Å². The second-order valence-electron chi connectivity index (χ2n) is 1.99. The van der Waals surface area contributed by atoms with Gasteiger partial charge in [0.05, 0.1) is 6.54 Å². The molecule has 1 aliphatic heterocycles. The first-order chi connectivity index (χ1) is 3.50. The summed E-state index contributed by atoms with van der Waals surface area (Å²) < 4.78 is 0. The number of hydrogen-bond acceptors (Lipinski definition) is 1. The summed E-state index contributed by atoms with van der Waals surface area (Å²) in [6, 6.07) is 0. The first kappa shape index (κ1) is 5.06. The van der Waals surface area contributed by atoms with E-state index < -0.39 is 0 Å². The molecule has 0 atom stereocenters. The highest BCUT2D eigenvalue weighted by molar-refractivity contribution is 4.43. The number of nitrogens with two attached hydrogens (primary N) is 1. The van der Waals surface area contributed by atoms with E-state index in [0.29, 0.717) is 0 Å². The van der Waals surface area contributed by atoms with Crippen molar-refractivity contribution in [2.45, 2.75) is 12.8 Å². The summed E-state index contributed by atoms with van der Waals surface area (Å²) in [4.78, 5) is 0. The number of nitrogens with one attached hydrogen (secondary N) is 1. The zero-order valence-corrected chi connectivity index (χ0v) is 4.61. The highest BCUT2D eigenvalue weighted by Crippen LogP contribution is 1.81. The molecule has 0 aromatic carbocycles. The fraction of sp³-hybridized carbons (Fsp3) is 1.00. The maximum Gasteiger partial charge on any atom is 0.129 e. The molecule has 0 radical (unpaired) electrons. The Labute approximate surface area is 44.3 Å². The predicted octanol–water partition coefficient (Wildman–Crippen LogP) is -1.11. The maximum atomic E-state index is 3.29. The second kappa shape index (κ2) is 2.99. The molecule has 2 heteroatoms. The zero-order valence-electron chi connectivity index (χ0n) is 4.61. The van der Waals surface area contributed by atoms with Crippen LogP contribution in [-0.2, 0) is 0 Å². The van der Waals surface area contributed by atoms with Gasteiger partial charge in [0.2, 0.25) is 0 Å². The van der Waals surface area contributed by atoms with Crippen molar-refractivity contribution < 1.29 is 5.32 Å². The quantitative estimate of drug-likeness (QED) is 0.398. The minimum atomic E-state index is 1.12. The lowest BCUT2D eigenvalue weighted by Crippen LogP contribution is -2.86. The summed E-state index contributed by atoms with van der Waals surface area (Å²) >= 11 is 0.